The average Bonchev–Trinajstić information content (AvgIpc) is 1.63. The van der Waals surface area contributed by atoms with Gasteiger partial charge in [0.25, 0.3) is 0 Å². The predicted molar refractivity (Wildman–Crippen MR) is 489 cm³/mol. The molecule has 0 aliphatic rings. The second-order valence-corrected chi connectivity index (χ2v) is 32.1. The van der Waals surface area contributed by atoms with Crippen LogP contribution in [0.5, 0.6) is 0 Å². The van der Waals surface area contributed by atoms with E-state index >= 15 is 0 Å². The molecule has 111 heavy (non-hydrogen) atoms. The third-order valence-electron chi connectivity index (χ3n) is 17.7. The van der Waals surface area contributed by atoms with Crippen molar-refractivity contribution >= 4 is 0 Å². The Labute approximate surface area is 679 Å². The minimum atomic E-state index is 0.456. The fourth-order valence-corrected chi connectivity index (χ4v) is 9.92. The Hall–Kier alpha value is -9.33. The molecule has 0 atom stereocenters. The van der Waals surface area contributed by atoms with Gasteiger partial charge < -0.3 is 14.2 Å². The lowest BCUT2D eigenvalue weighted by atomic mass is 10.0. The van der Waals surface area contributed by atoms with Crippen LogP contribution in [0.2, 0.25) is 0 Å². The predicted octanol–water partition coefficient (Wildman–Crippen LogP) is 31.4. The van der Waals surface area contributed by atoms with E-state index in [9.17, 15) is 0 Å². The first-order valence-corrected chi connectivity index (χ1v) is 40.7. The molecule has 11 rings (SSSR count). The summed E-state index contributed by atoms with van der Waals surface area (Å²) in [4.78, 5) is 7.73. The highest BCUT2D eigenvalue weighted by atomic mass is 16.3. The van der Waals surface area contributed by atoms with Crippen LogP contribution in [0.3, 0.4) is 0 Å². The summed E-state index contributed by atoms with van der Waals surface area (Å²) >= 11 is 0. The molecule has 11 aromatic rings. The molecule has 0 bridgehead atoms. The van der Waals surface area contributed by atoms with Crippen LogP contribution in [0.25, 0.3) is 0 Å². The summed E-state index contributed by atoms with van der Waals surface area (Å²) in [6.45, 7) is 68.6. The van der Waals surface area contributed by atoms with Crippen LogP contribution >= 0.6 is 0 Å². The number of aromatic nitrogens is 4. The smallest absolute Gasteiger partial charge is 0.180 e. The van der Waals surface area contributed by atoms with E-state index in [1.165, 1.54) is 102 Å². The molecule has 0 radical (unpaired) electrons. The van der Waals surface area contributed by atoms with Crippen molar-refractivity contribution in [1.82, 2.24) is 25.5 Å². The summed E-state index contributed by atoms with van der Waals surface area (Å²) in [6, 6.07) is 75.2. The first kappa shape index (κ1) is 102. The molecule has 0 aliphatic heterocycles. The molecule has 7 heteroatoms. The second-order valence-electron chi connectivity index (χ2n) is 32.1. The van der Waals surface area contributed by atoms with Crippen LogP contribution < -0.4 is 5.32 Å². The molecule has 2 N–H and O–H groups in total. The summed E-state index contributed by atoms with van der Waals surface area (Å²) < 4.78 is 9.75. The maximum atomic E-state index is 4.98. The Balaban J connectivity index is 0.00000119. The van der Waals surface area contributed by atoms with Gasteiger partial charge in [0, 0.05) is 30.6 Å². The summed E-state index contributed by atoms with van der Waals surface area (Å²) in [5.74, 6) is 8.25. The van der Waals surface area contributed by atoms with Gasteiger partial charge in [0.2, 0.25) is 0 Å². The van der Waals surface area contributed by atoms with Crippen molar-refractivity contribution in [1.29, 1.82) is 0 Å². The minimum Gasteiger partial charge on any atom is -0.451 e. The molecule has 0 spiro atoms. The van der Waals surface area contributed by atoms with E-state index in [4.69, 9.17) is 8.83 Å². The summed E-state index contributed by atoms with van der Waals surface area (Å²) in [5, 5.41) is 9.80. The van der Waals surface area contributed by atoms with Gasteiger partial charge in [-0.15, -0.1) is 0 Å². The molecule has 0 saturated heterocycles. The van der Waals surface area contributed by atoms with Crippen LogP contribution in [-0.2, 0) is 0 Å². The van der Waals surface area contributed by atoms with E-state index in [-0.39, 0.29) is 0 Å². The molecular weight excluding hydrogens is 1350 g/mol. The van der Waals surface area contributed by atoms with Crippen molar-refractivity contribution in [2.75, 3.05) is 7.05 Å². The number of hydrogen-bond donors (Lipinski definition) is 2. The maximum Gasteiger partial charge on any atom is 0.180 e. The lowest BCUT2D eigenvalue weighted by Gasteiger charge is -2.08. The number of nitrogens with one attached hydrogen (secondary N) is 2. The third kappa shape index (κ3) is 49.5. The molecule has 0 aliphatic carbocycles. The van der Waals surface area contributed by atoms with Crippen molar-refractivity contribution in [2.45, 2.75) is 273 Å². The van der Waals surface area contributed by atoms with Gasteiger partial charge in [0.1, 0.15) is 12.0 Å². The Bertz CT molecular complexity index is 3610. The molecule has 7 nitrogen and oxygen atoms in total. The van der Waals surface area contributed by atoms with Crippen molar-refractivity contribution in [3.05, 3.63) is 363 Å². The fourth-order valence-electron chi connectivity index (χ4n) is 9.92. The van der Waals surface area contributed by atoms with Crippen LogP contribution in [-0.4, -0.2) is 27.2 Å². The molecule has 0 saturated carbocycles. The Morgan fingerprint density at radius 3 is 0.838 bits per heavy atom. The number of H-pyrrole nitrogens is 1. The average molecular weight is 1500 g/mol. The molecule has 3 aromatic heterocycles. The molecular formula is C104H151N5O2. The third-order valence-corrected chi connectivity index (χ3v) is 17.7. The molecule has 0 unspecified atom stereocenters. The van der Waals surface area contributed by atoms with E-state index in [2.05, 4.69) is 434 Å². The molecule has 8 aromatic carbocycles. The minimum absolute atomic E-state index is 0.456. The van der Waals surface area contributed by atoms with Crippen LogP contribution in [0.4, 0.5) is 0 Å². The van der Waals surface area contributed by atoms with E-state index in [0.29, 0.717) is 71.0 Å². The Morgan fingerprint density at radius 1 is 0.351 bits per heavy atom. The Morgan fingerprint density at radius 2 is 0.676 bits per heavy atom. The lowest BCUT2D eigenvalue weighted by molar-refractivity contribution is 0.482. The van der Waals surface area contributed by atoms with Crippen LogP contribution in [0, 0.1) is 47.5 Å². The van der Waals surface area contributed by atoms with Crippen molar-refractivity contribution in [2.24, 2.45) is 5.92 Å². The van der Waals surface area contributed by atoms with Gasteiger partial charge in [-0.1, -0.05) is 418 Å². The SMILES string of the molecule is C=C/C=C(\NC)C(C)C.CC(C)c1ccccc1.CC(C)c1ccccc1.CC(C)c1ccn[nH]1.CC(C)c1cnco1.CC(C)c1cocn1.Cc1ccc(C(C)C)cc1.Cc1ccc(C(C)C)cc1.Cc1ccc(C(C)C)cc1.Cc1cccc(C(C)C)c1.Cc1cccc(C(C)C)c1.Cc1cccc(C(C)C)c1. The van der Waals surface area contributed by atoms with Crippen LogP contribution in [0.15, 0.2) is 277 Å². The zero-order valence-corrected chi connectivity index (χ0v) is 75.0. The molecule has 604 valence electrons. The topological polar surface area (TPSA) is 92.8 Å². The summed E-state index contributed by atoms with van der Waals surface area (Å²) in [5.41, 5.74) is 22.9. The van der Waals surface area contributed by atoms with E-state index < -0.39 is 0 Å². The van der Waals surface area contributed by atoms with E-state index in [0.717, 1.165) is 11.5 Å². The maximum absolute atomic E-state index is 4.98. The van der Waals surface area contributed by atoms with Gasteiger partial charge in [-0.25, -0.2) is 9.97 Å². The number of aromatic amines is 1. The highest BCUT2D eigenvalue weighted by Crippen LogP contribution is 2.21. The highest BCUT2D eigenvalue weighted by molar-refractivity contribution is 5.29. The number of hydrogen-bond acceptors (Lipinski definition) is 6. The fraction of sp³-hybridized carbons (Fsp3) is 0.413. The number of oxazole rings is 2. The van der Waals surface area contributed by atoms with Crippen molar-refractivity contribution in [3.63, 3.8) is 0 Å². The number of allylic oxidation sites excluding steroid dienone is 3. The van der Waals surface area contributed by atoms with Gasteiger partial charge in [0.05, 0.1) is 11.9 Å². The van der Waals surface area contributed by atoms with Gasteiger partial charge in [-0.2, -0.15) is 5.10 Å². The van der Waals surface area contributed by atoms with Crippen molar-refractivity contribution < 1.29 is 8.83 Å². The summed E-state index contributed by atoms with van der Waals surface area (Å²) in [7, 11) is 1.93. The first-order chi connectivity index (χ1) is 52.4. The van der Waals surface area contributed by atoms with Gasteiger partial charge in [0.15, 0.2) is 12.8 Å². The number of nitrogens with zero attached hydrogens (tertiary/aromatic N) is 3. The highest BCUT2D eigenvalue weighted by Gasteiger charge is 2.04. The van der Waals surface area contributed by atoms with Gasteiger partial charge in [-0.3, -0.25) is 5.10 Å². The number of rotatable bonds is 14. The summed E-state index contributed by atoms with van der Waals surface area (Å²) in [6.07, 6.45) is 11.9. The second kappa shape index (κ2) is 59.5. The van der Waals surface area contributed by atoms with Crippen molar-refractivity contribution in [3.8, 4) is 0 Å². The van der Waals surface area contributed by atoms with Gasteiger partial charge in [-0.05, 0) is 163 Å². The molecule has 0 amide bonds. The van der Waals surface area contributed by atoms with E-state index in [1.54, 1.807) is 24.7 Å². The zero-order chi connectivity index (χ0) is 84.0. The normalized spacial score (nSPS) is 10.5. The van der Waals surface area contributed by atoms with E-state index in [1.807, 2.05) is 31.3 Å². The van der Waals surface area contributed by atoms with Gasteiger partial charge >= 0.3 is 0 Å². The quantitative estimate of drug-likeness (QED) is 0.105. The molecule has 3 heterocycles. The first-order valence-electron chi connectivity index (χ1n) is 40.7. The number of aryl methyl sites for hydroxylation is 6. The lowest BCUT2D eigenvalue weighted by Crippen LogP contribution is -2.10. The monoisotopic (exact) mass is 1500 g/mol. The number of benzene rings is 8. The molecule has 0 fully saturated rings. The standard InChI is InChI=1S/6C10H14.2C9H12.C8H15N.C6H10N2.2C6H9NO/c3*1-8(2)10-6-4-9(3)5-7-10;3*1-8(2)10-6-4-5-9(3)7-10;2*1-8(2)9-6-4-3-5-7-9;1-5-6-8(9-4)7(2)3;1-5(2)6-3-4-7-8-6;1-5(2)6-3-8-4-7-6;1-5(2)6-3-7-4-8-6/h6*4-8H,1-3H3;2*3-8H,1-2H3;5-7,9H,1H2,2-4H3;3-5H,1-2H3,(H,7,8);2*3-5H,1-2H3/b;;;;;;;;8-6-;;;. The largest absolute Gasteiger partial charge is 0.451 e. The Kier molecular flexibility index (Phi) is 54.5. The van der Waals surface area contributed by atoms with Crippen LogP contribution in [0.1, 0.15) is 326 Å². The zero-order valence-electron chi connectivity index (χ0n) is 75.0.